The van der Waals surface area contributed by atoms with E-state index in [1.807, 2.05) is 0 Å². The molecule has 1 saturated heterocycles. The molecule has 0 aliphatic carbocycles. The second-order valence-electron chi connectivity index (χ2n) is 6.06. The standard InChI is InChI=1S/C17H26N4O2.2ClH/c1-13(18)17(23)20-15-7-5-6-14(12-15)19-16(22)8-11-21-9-3-2-4-10-21;;/h5-7,12-13H,2-4,8-11,18H2,1H3,(H,19,22)(H,20,23);2*1H/t13-;;/m1../s1. The fraction of sp³-hybridized carbons (Fsp3) is 0.529. The van der Waals surface area contributed by atoms with Gasteiger partial charge in [0.25, 0.3) is 0 Å². The van der Waals surface area contributed by atoms with E-state index in [-0.39, 0.29) is 36.6 Å². The lowest BCUT2D eigenvalue weighted by Crippen LogP contribution is -2.32. The summed E-state index contributed by atoms with van der Waals surface area (Å²) in [5.41, 5.74) is 6.83. The molecule has 8 heteroatoms. The minimum Gasteiger partial charge on any atom is -0.326 e. The van der Waals surface area contributed by atoms with Crippen LogP contribution in [-0.2, 0) is 9.59 Å². The summed E-state index contributed by atoms with van der Waals surface area (Å²) in [5.74, 6) is -0.259. The summed E-state index contributed by atoms with van der Waals surface area (Å²) in [6, 6.07) is 6.53. The van der Waals surface area contributed by atoms with Crippen LogP contribution in [0.4, 0.5) is 11.4 Å². The van der Waals surface area contributed by atoms with Crippen LogP contribution in [-0.4, -0.2) is 42.4 Å². The van der Waals surface area contributed by atoms with Gasteiger partial charge in [-0.1, -0.05) is 12.5 Å². The zero-order valence-electron chi connectivity index (χ0n) is 14.5. The Hall–Kier alpha value is -1.34. The number of rotatable bonds is 6. The van der Waals surface area contributed by atoms with Gasteiger partial charge in [-0.2, -0.15) is 0 Å². The molecule has 1 atom stereocenters. The highest BCUT2D eigenvalue weighted by atomic mass is 35.5. The first kappa shape index (κ1) is 23.7. The number of benzene rings is 1. The summed E-state index contributed by atoms with van der Waals surface area (Å²) in [5, 5.41) is 5.59. The lowest BCUT2D eigenvalue weighted by atomic mass is 10.1. The Bertz CT molecular complexity index is 549. The Morgan fingerprint density at radius 3 is 2.32 bits per heavy atom. The number of anilines is 2. The Labute approximate surface area is 161 Å². The molecule has 25 heavy (non-hydrogen) atoms. The van der Waals surface area contributed by atoms with Gasteiger partial charge in [0, 0.05) is 24.3 Å². The molecular formula is C17H28Cl2N4O2. The second-order valence-corrected chi connectivity index (χ2v) is 6.06. The molecule has 0 aromatic heterocycles. The molecule has 0 bridgehead atoms. The highest BCUT2D eigenvalue weighted by molar-refractivity contribution is 5.96. The number of carbonyl (C=O) groups excluding carboxylic acids is 2. The molecule has 1 aliphatic rings. The third-order valence-electron chi connectivity index (χ3n) is 3.93. The van der Waals surface area contributed by atoms with Crippen molar-refractivity contribution in [3.05, 3.63) is 24.3 Å². The van der Waals surface area contributed by atoms with Crippen molar-refractivity contribution >= 4 is 48.0 Å². The quantitative estimate of drug-likeness (QED) is 0.696. The topological polar surface area (TPSA) is 87.5 Å². The highest BCUT2D eigenvalue weighted by Gasteiger charge is 2.12. The van der Waals surface area contributed by atoms with E-state index in [2.05, 4.69) is 15.5 Å². The first-order chi connectivity index (χ1) is 11.0. The summed E-state index contributed by atoms with van der Waals surface area (Å²) in [4.78, 5) is 26.0. The molecule has 0 saturated carbocycles. The molecule has 1 heterocycles. The van der Waals surface area contributed by atoms with Crippen molar-refractivity contribution in [1.29, 1.82) is 0 Å². The Morgan fingerprint density at radius 2 is 1.72 bits per heavy atom. The first-order valence-electron chi connectivity index (χ1n) is 8.23. The van der Waals surface area contributed by atoms with Gasteiger partial charge in [-0.25, -0.2) is 0 Å². The van der Waals surface area contributed by atoms with Gasteiger partial charge in [-0.15, -0.1) is 24.8 Å². The maximum atomic E-state index is 12.1. The number of piperidine rings is 1. The minimum absolute atomic E-state index is 0. The minimum atomic E-state index is -0.571. The van der Waals surface area contributed by atoms with Gasteiger partial charge in [-0.05, 0) is 51.1 Å². The van der Waals surface area contributed by atoms with Gasteiger partial charge >= 0.3 is 0 Å². The number of nitrogens with two attached hydrogens (primary N) is 1. The van der Waals surface area contributed by atoms with Gasteiger partial charge in [0.2, 0.25) is 11.8 Å². The molecule has 0 spiro atoms. The van der Waals surface area contributed by atoms with Gasteiger partial charge in [-0.3, -0.25) is 9.59 Å². The fourth-order valence-corrected chi connectivity index (χ4v) is 2.60. The predicted molar refractivity (Wildman–Crippen MR) is 107 cm³/mol. The molecule has 6 nitrogen and oxygen atoms in total. The highest BCUT2D eigenvalue weighted by Crippen LogP contribution is 2.16. The third-order valence-corrected chi connectivity index (χ3v) is 3.93. The summed E-state index contributed by atoms with van der Waals surface area (Å²) in [6.07, 6.45) is 4.23. The van der Waals surface area contributed by atoms with Crippen molar-refractivity contribution in [2.75, 3.05) is 30.3 Å². The SMILES string of the molecule is C[C@@H](N)C(=O)Nc1cccc(NC(=O)CCN2CCCCC2)c1.Cl.Cl. The fourth-order valence-electron chi connectivity index (χ4n) is 2.60. The summed E-state index contributed by atoms with van der Waals surface area (Å²) in [7, 11) is 0. The molecule has 1 aromatic rings. The Kier molecular flexibility index (Phi) is 11.4. The van der Waals surface area contributed by atoms with Crippen molar-refractivity contribution in [3.63, 3.8) is 0 Å². The third kappa shape index (κ3) is 8.54. The van der Waals surface area contributed by atoms with Gasteiger partial charge in [0.1, 0.15) is 0 Å². The van der Waals surface area contributed by atoms with Crippen molar-refractivity contribution in [2.24, 2.45) is 5.73 Å². The molecule has 2 amide bonds. The van der Waals surface area contributed by atoms with Crippen LogP contribution in [0.2, 0.25) is 0 Å². The number of likely N-dealkylation sites (tertiary alicyclic amines) is 1. The normalized spacial score (nSPS) is 15.3. The smallest absolute Gasteiger partial charge is 0.240 e. The van der Waals surface area contributed by atoms with E-state index in [1.54, 1.807) is 31.2 Å². The molecule has 1 aliphatic heterocycles. The largest absolute Gasteiger partial charge is 0.326 e. The van der Waals surface area contributed by atoms with E-state index in [1.165, 1.54) is 19.3 Å². The zero-order valence-corrected chi connectivity index (χ0v) is 16.1. The van der Waals surface area contributed by atoms with Crippen LogP contribution >= 0.6 is 24.8 Å². The van der Waals surface area contributed by atoms with Crippen LogP contribution < -0.4 is 16.4 Å². The average molecular weight is 391 g/mol. The second kappa shape index (κ2) is 12.1. The van der Waals surface area contributed by atoms with Crippen molar-refractivity contribution < 1.29 is 9.59 Å². The Balaban J connectivity index is 0.00000288. The molecule has 142 valence electrons. The number of hydrogen-bond donors (Lipinski definition) is 3. The van der Waals surface area contributed by atoms with E-state index in [0.29, 0.717) is 17.8 Å². The average Bonchev–Trinajstić information content (AvgIpc) is 2.54. The maximum Gasteiger partial charge on any atom is 0.240 e. The van der Waals surface area contributed by atoms with E-state index in [4.69, 9.17) is 5.73 Å². The molecule has 0 unspecified atom stereocenters. The van der Waals surface area contributed by atoms with Crippen LogP contribution in [0.5, 0.6) is 0 Å². The van der Waals surface area contributed by atoms with E-state index >= 15 is 0 Å². The zero-order chi connectivity index (χ0) is 16.7. The lowest BCUT2D eigenvalue weighted by Gasteiger charge is -2.25. The molecule has 1 fully saturated rings. The number of carbonyl (C=O) groups is 2. The lowest BCUT2D eigenvalue weighted by molar-refractivity contribution is -0.117. The van der Waals surface area contributed by atoms with Crippen LogP contribution in [0.25, 0.3) is 0 Å². The van der Waals surface area contributed by atoms with Gasteiger partial charge < -0.3 is 21.3 Å². The van der Waals surface area contributed by atoms with E-state index in [0.717, 1.165) is 19.6 Å². The van der Waals surface area contributed by atoms with Crippen molar-refractivity contribution in [2.45, 2.75) is 38.6 Å². The molecule has 1 aromatic carbocycles. The van der Waals surface area contributed by atoms with E-state index in [9.17, 15) is 9.59 Å². The van der Waals surface area contributed by atoms with E-state index < -0.39 is 6.04 Å². The van der Waals surface area contributed by atoms with Gasteiger partial charge in [0.15, 0.2) is 0 Å². The monoisotopic (exact) mass is 390 g/mol. The van der Waals surface area contributed by atoms with Crippen LogP contribution in [0.1, 0.15) is 32.6 Å². The van der Waals surface area contributed by atoms with Crippen molar-refractivity contribution in [3.8, 4) is 0 Å². The Morgan fingerprint density at radius 1 is 1.12 bits per heavy atom. The van der Waals surface area contributed by atoms with Gasteiger partial charge in [0.05, 0.1) is 6.04 Å². The van der Waals surface area contributed by atoms with Crippen molar-refractivity contribution in [1.82, 2.24) is 4.90 Å². The number of nitrogens with one attached hydrogen (secondary N) is 2. The first-order valence-corrected chi connectivity index (χ1v) is 8.23. The number of hydrogen-bond acceptors (Lipinski definition) is 4. The van der Waals surface area contributed by atoms with Crippen LogP contribution in [0, 0.1) is 0 Å². The summed E-state index contributed by atoms with van der Waals surface area (Å²) in [6.45, 7) is 4.60. The molecule has 4 N–H and O–H groups in total. The predicted octanol–water partition coefficient (Wildman–Crippen LogP) is 2.63. The van der Waals surface area contributed by atoms with Crippen LogP contribution in [0.15, 0.2) is 24.3 Å². The summed E-state index contributed by atoms with van der Waals surface area (Å²) < 4.78 is 0. The van der Waals surface area contributed by atoms with Crippen LogP contribution in [0.3, 0.4) is 0 Å². The number of halogens is 2. The number of amides is 2. The molecule has 0 radical (unpaired) electrons. The molecular weight excluding hydrogens is 363 g/mol. The maximum absolute atomic E-state index is 12.1. The summed E-state index contributed by atoms with van der Waals surface area (Å²) >= 11 is 0. The molecule has 2 rings (SSSR count). The number of nitrogens with zero attached hydrogens (tertiary/aromatic N) is 1.